The Morgan fingerprint density at radius 2 is 1.63 bits per heavy atom. The summed E-state index contributed by atoms with van der Waals surface area (Å²) in [5.74, 6) is 6.79. The highest BCUT2D eigenvalue weighted by molar-refractivity contribution is 6.00. The largest absolute Gasteiger partial charge is 0.573 e. The number of nitrogens with zero attached hydrogens (tertiary/aromatic N) is 3. The van der Waals surface area contributed by atoms with Crippen molar-refractivity contribution in [2.24, 2.45) is 11.1 Å². The molecule has 1 saturated carbocycles. The molecule has 0 saturated heterocycles. The molecule has 5 rings (SSSR count). The van der Waals surface area contributed by atoms with Crippen molar-refractivity contribution in [1.29, 1.82) is 0 Å². The summed E-state index contributed by atoms with van der Waals surface area (Å²) < 4.78 is 43.0. The van der Waals surface area contributed by atoms with Crippen LogP contribution >= 0.6 is 0 Å². The fourth-order valence-corrected chi connectivity index (χ4v) is 3.71. The van der Waals surface area contributed by atoms with Gasteiger partial charge in [-0.1, -0.05) is 65.5 Å². The van der Waals surface area contributed by atoms with Crippen molar-refractivity contribution in [2.75, 3.05) is 0 Å². The molecule has 0 aliphatic heterocycles. The molecule has 1 aliphatic rings. The standard InChI is InChI=1S/C30H24F3N3O2/c31-30(32,33)38-28-15-13-26(14-16-28)25-9-7-24(8-10-25)20-37-35-29(19-36-18-17-34-21-36)27-11-5-23(6-12-27)4-3-22-1-2-22/h5-18,21-22H,1-2,19-20H2/b35-29+. The number of aromatic nitrogens is 2. The Labute approximate surface area is 218 Å². The molecule has 192 valence electrons. The van der Waals surface area contributed by atoms with Crippen LogP contribution in [0.4, 0.5) is 13.2 Å². The Morgan fingerprint density at radius 3 is 2.24 bits per heavy atom. The number of benzene rings is 3. The van der Waals surface area contributed by atoms with Crippen LogP contribution in [-0.4, -0.2) is 21.6 Å². The summed E-state index contributed by atoms with van der Waals surface area (Å²) in [6.07, 6.45) is 2.99. The fraction of sp³-hybridized carbons (Fsp3) is 0.200. The summed E-state index contributed by atoms with van der Waals surface area (Å²) in [6.45, 7) is 0.761. The predicted octanol–water partition coefficient (Wildman–Crippen LogP) is 6.83. The Balaban J connectivity index is 1.24. The van der Waals surface area contributed by atoms with E-state index in [4.69, 9.17) is 4.84 Å². The van der Waals surface area contributed by atoms with Gasteiger partial charge in [0, 0.05) is 29.4 Å². The lowest BCUT2D eigenvalue weighted by Crippen LogP contribution is -2.16. The molecule has 1 heterocycles. The molecule has 0 atom stereocenters. The van der Waals surface area contributed by atoms with Gasteiger partial charge in [0.2, 0.25) is 0 Å². The Hall–Kier alpha value is -4.51. The first-order valence-electron chi connectivity index (χ1n) is 12.1. The van der Waals surface area contributed by atoms with Gasteiger partial charge in [0.05, 0.1) is 12.9 Å². The van der Waals surface area contributed by atoms with E-state index in [1.807, 2.05) is 59.3 Å². The highest BCUT2D eigenvalue weighted by Gasteiger charge is 2.30. The molecule has 0 unspecified atom stereocenters. The second-order valence-corrected chi connectivity index (χ2v) is 8.94. The molecule has 3 aromatic carbocycles. The normalized spacial score (nSPS) is 13.5. The smallest absolute Gasteiger partial charge is 0.406 e. The number of halogens is 3. The molecule has 0 bridgehead atoms. The summed E-state index contributed by atoms with van der Waals surface area (Å²) >= 11 is 0. The van der Waals surface area contributed by atoms with Crippen molar-refractivity contribution in [3.05, 3.63) is 108 Å². The molecule has 0 radical (unpaired) electrons. The zero-order chi connectivity index (χ0) is 26.4. The summed E-state index contributed by atoms with van der Waals surface area (Å²) in [4.78, 5) is 9.82. The number of ether oxygens (including phenoxy) is 1. The number of imidazole rings is 1. The molecule has 1 fully saturated rings. The highest BCUT2D eigenvalue weighted by atomic mass is 19.4. The number of rotatable bonds is 8. The SMILES string of the molecule is FC(F)(F)Oc1ccc(-c2ccc(CO/N=C(\Cn3ccnc3)c3ccc(C#CC4CC4)cc3)cc2)cc1. The van der Waals surface area contributed by atoms with Gasteiger partial charge in [-0.3, -0.25) is 0 Å². The van der Waals surface area contributed by atoms with Crippen LogP contribution in [0.15, 0.2) is 96.7 Å². The molecular formula is C30H24F3N3O2. The molecule has 0 N–H and O–H groups in total. The van der Waals surface area contributed by atoms with Crippen LogP contribution in [0.1, 0.15) is 29.5 Å². The first-order valence-corrected chi connectivity index (χ1v) is 12.1. The van der Waals surface area contributed by atoms with Crippen LogP contribution in [0.25, 0.3) is 11.1 Å². The predicted molar refractivity (Wildman–Crippen MR) is 138 cm³/mol. The number of hydrogen-bond acceptors (Lipinski definition) is 4. The average molecular weight is 516 g/mol. The summed E-state index contributed by atoms with van der Waals surface area (Å²) in [5.41, 5.74) is 5.21. The molecule has 5 nitrogen and oxygen atoms in total. The topological polar surface area (TPSA) is 48.6 Å². The quantitative estimate of drug-likeness (QED) is 0.147. The average Bonchev–Trinajstić information content (AvgIpc) is 3.60. The Kier molecular flexibility index (Phi) is 7.45. The summed E-state index contributed by atoms with van der Waals surface area (Å²) in [7, 11) is 0. The van der Waals surface area contributed by atoms with Gasteiger partial charge in [0.1, 0.15) is 18.1 Å². The highest BCUT2D eigenvalue weighted by Crippen LogP contribution is 2.28. The summed E-state index contributed by atoms with van der Waals surface area (Å²) in [6, 6.07) is 21.3. The molecule has 38 heavy (non-hydrogen) atoms. The van der Waals surface area contributed by atoms with Crippen LogP contribution in [0.2, 0.25) is 0 Å². The van der Waals surface area contributed by atoms with Crippen molar-refractivity contribution >= 4 is 5.71 Å². The third-order valence-corrected chi connectivity index (χ3v) is 5.89. The molecule has 0 amide bonds. The number of oxime groups is 1. The monoisotopic (exact) mass is 515 g/mol. The van der Waals surface area contributed by atoms with Gasteiger partial charge < -0.3 is 14.1 Å². The van der Waals surface area contributed by atoms with Crippen molar-refractivity contribution in [2.45, 2.75) is 32.4 Å². The fourth-order valence-electron chi connectivity index (χ4n) is 3.71. The van der Waals surface area contributed by atoms with Crippen LogP contribution < -0.4 is 4.74 Å². The van der Waals surface area contributed by atoms with Crippen molar-refractivity contribution in [1.82, 2.24) is 9.55 Å². The lowest BCUT2D eigenvalue weighted by atomic mass is 10.0. The lowest BCUT2D eigenvalue weighted by molar-refractivity contribution is -0.274. The zero-order valence-electron chi connectivity index (χ0n) is 20.4. The van der Waals surface area contributed by atoms with Crippen molar-refractivity contribution < 1.29 is 22.7 Å². The summed E-state index contributed by atoms with van der Waals surface area (Å²) in [5, 5.41) is 4.42. The van der Waals surface area contributed by atoms with Crippen LogP contribution in [-0.2, 0) is 18.0 Å². The van der Waals surface area contributed by atoms with Gasteiger partial charge in [-0.25, -0.2) is 4.98 Å². The molecule has 0 spiro atoms. The zero-order valence-corrected chi connectivity index (χ0v) is 20.4. The van der Waals surface area contributed by atoms with Crippen molar-refractivity contribution in [3.63, 3.8) is 0 Å². The molecular weight excluding hydrogens is 491 g/mol. The van der Waals surface area contributed by atoms with Gasteiger partial charge in [-0.2, -0.15) is 0 Å². The third-order valence-electron chi connectivity index (χ3n) is 5.89. The first-order chi connectivity index (χ1) is 18.4. The maximum Gasteiger partial charge on any atom is 0.573 e. The van der Waals surface area contributed by atoms with Crippen LogP contribution in [0, 0.1) is 17.8 Å². The van der Waals surface area contributed by atoms with E-state index in [-0.39, 0.29) is 12.4 Å². The molecule has 1 aromatic heterocycles. The minimum Gasteiger partial charge on any atom is -0.406 e. The van der Waals surface area contributed by atoms with Gasteiger partial charge in [-0.15, -0.1) is 13.2 Å². The van der Waals surface area contributed by atoms with Crippen LogP contribution in [0.5, 0.6) is 5.75 Å². The first kappa shape index (κ1) is 25.2. The van der Waals surface area contributed by atoms with E-state index >= 15 is 0 Å². The Morgan fingerprint density at radius 1 is 0.947 bits per heavy atom. The maximum atomic E-state index is 12.4. The van der Waals surface area contributed by atoms with Gasteiger partial charge in [0.15, 0.2) is 0 Å². The van der Waals surface area contributed by atoms with Gasteiger partial charge in [0.25, 0.3) is 0 Å². The number of alkyl halides is 3. The molecule has 4 aromatic rings. The lowest BCUT2D eigenvalue weighted by Gasteiger charge is -2.10. The minimum atomic E-state index is -4.71. The van der Waals surface area contributed by atoms with E-state index in [9.17, 15) is 13.2 Å². The van der Waals surface area contributed by atoms with E-state index in [1.165, 1.54) is 25.0 Å². The third kappa shape index (κ3) is 7.26. The second kappa shape index (κ2) is 11.3. The van der Waals surface area contributed by atoms with E-state index in [1.54, 1.807) is 24.7 Å². The van der Waals surface area contributed by atoms with E-state index in [0.29, 0.717) is 12.5 Å². The molecule has 8 heteroatoms. The second-order valence-electron chi connectivity index (χ2n) is 8.94. The van der Waals surface area contributed by atoms with Crippen LogP contribution in [0.3, 0.4) is 0 Å². The van der Waals surface area contributed by atoms with E-state index in [0.717, 1.165) is 33.5 Å². The number of hydrogen-bond donors (Lipinski definition) is 0. The van der Waals surface area contributed by atoms with E-state index < -0.39 is 6.36 Å². The van der Waals surface area contributed by atoms with Gasteiger partial charge in [-0.05, 0) is 53.8 Å². The van der Waals surface area contributed by atoms with Crippen molar-refractivity contribution in [3.8, 4) is 28.7 Å². The Bertz CT molecular complexity index is 1430. The van der Waals surface area contributed by atoms with Gasteiger partial charge >= 0.3 is 6.36 Å². The van der Waals surface area contributed by atoms with E-state index in [2.05, 4.69) is 26.7 Å². The maximum absolute atomic E-state index is 12.4. The molecule has 1 aliphatic carbocycles. The minimum absolute atomic E-state index is 0.253.